The first-order valence-electron chi connectivity index (χ1n) is 15.1. The molecule has 0 amide bonds. The summed E-state index contributed by atoms with van der Waals surface area (Å²) in [7, 11) is -2.57. The minimum atomic E-state index is -0.931. The van der Waals surface area contributed by atoms with Crippen LogP contribution in [0.15, 0.2) is 212 Å². The standard InChI is InChI=1S/C42H35P3/c1-2-3-9-34-42(44(37-26-14-6-15-27-37)38-28-16-7-17-29-38)45(39-30-18-8-19-31-39)41-33-21-20-32-40(41)43(35-22-10-4-11-23-35)36-24-12-5-13-25-36/h2-34H,1H2/b9-3-,42-34+. The second kappa shape index (κ2) is 15.7. The molecule has 0 heterocycles. The molecule has 0 saturated heterocycles. The van der Waals surface area contributed by atoms with Crippen LogP contribution in [0.4, 0.5) is 0 Å². The van der Waals surface area contributed by atoms with E-state index < -0.39 is 23.8 Å². The molecule has 45 heavy (non-hydrogen) atoms. The molecular formula is C42H35P3. The van der Waals surface area contributed by atoms with Crippen LogP contribution >= 0.6 is 23.8 Å². The number of benzene rings is 6. The lowest BCUT2D eigenvalue weighted by molar-refractivity contribution is 1.74. The molecule has 0 radical (unpaired) electrons. The Bertz CT molecular complexity index is 1770. The van der Waals surface area contributed by atoms with Crippen molar-refractivity contribution in [1.29, 1.82) is 0 Å². The van der Waals surface area contributed by atoms with Gasteiger partial charge < -0.3 is 0 Å². The number of allylic oxidation sites excluding steroid dienone is 4. The van der Waals surface area contributed by atoms with Gasteiger partial charge in [-0.3, -0.25) is 0 Å². The molecule has 0 spiro atoms. The van der Waals surface area contributed by atoms with Crippen LogP contribution in [0.3, 0.4) is 0 Å². The van der Waals surface area contributed by atoms with Crippen LogP contribution < -0.4 is 37.1 Å². The van der Waals surface area contributed by atoms with Gasteiger partial charge in [-0.1, -0.05) is 207 Å². The summed E-state index contributed by atoms with van der Waals surface area (Å²) in [5.74, 6) is 0. The lowest BCUT2D eigenvalue weighted by Gasteiger charge is -2.32. The Balaban J connectivity index is 1.65. The van der Waals surface area contributed by atoms with Crippen molar-refractivity contribution in [2.24, 2.45) is 0 Å². The van der Waals surface area contributed by atoms with Crippen LogP contribution in [0.2, 0.25) is 0 Å². The molecule has 1 unspecified atom stereocenters. The highest BCUT2D eigenvalue weighted by Gasteiger charge is 2.31. The monoisotopic (exact) mass is 632 g/mol. The fourth-order valence-electron chi connectivity index (χ4n) is 5.43. The van der Waals surface area contributed by atoms with Gasteiger partial charge >= 0.3 is 0 Å². The van der Waals surface area contributed by atoms with E-state index in [4.69, 9.17) is 0 Å². The van der Waals surface area contributed by atoms with Gasteiger partial charge in [-0.2, -0.15) is 0 Å². The predicted molar refractivity (Wildman–Crippen MR) is 204 cm³/mol. The maximum atomic E-state index is 3.98. The van der Waals surface area contributed by atoms with Gasteiger partial charge in [0.25, 0.3) is 0 Å². The van der Waals surface area contributed by atoms with E-state index in [0.717, 1.165) is 0 Å². The lowest BCUT2D eigenvalue weighted by Crippen LogP contribution is -2.32. The molecule has 0 N–H and O–H groups in total. The highest BCUT2D eigenvalue weighted by atomic mass is 31.2. The molecule has 6 aromatic rings. The first kappa shape index (κ1) is 30.8. The first-order valence-corrected chi connectivity index (χ1v) is 19.1. The Morgan fingerprint density at radius 3 is 1.16 bits per heavy atom. The van der Waals surface area contributed by atoms with Gasteiger partial charge in [0.1, 0.15) is 0 Å². The maximum absolute atomic E-state index is 3.98. The van der Waals surface area contributed by atoms with Crippen molar-refractivity contribution in [3.05, 3.63) is 212 Å². The van der Waals surface area contributed by atoms with Crippen molar-refractivity contribution in [2.45, 2.75) is 0 Å². The van der Waals surface area contributed by atoms with E-state index in [1.807, 2.05) is 6.08 Å². The molecular weight excluding hydrogens is 597 g/mol. The van der Waals surface area contributed by atoms with Crippen LogP contribution in [-0.2, 0) is 0 Å². The van der Waals surface area contributed by atoms with Gasteiger partial charge in [-0.25, -0.2) is 0 Å². The number of hydrogen-bond acceptors (Lipinski definition) is 0. The summed E-state index contributed by atoms with van der Waals surface area (Å²) in [6.07, 6.45) is 8.48. The summed E-state index contributed by atoms with van der Waals surface area (Å²) >= 11 is 0. The second-order valence-corrected chi connectivity index (χ2v) is 17.2. The summed E-state index contributed by atoms with van der Waals surface area (Å²) in [6, 6.07) is 64.6. The first-order chi connectivity index (χ1) is 22.3. The molecule has 0 aromatic heterocycles. The molecule has 3 heteroatoms. The average molecular weight is 633 g/mol. The van der Waals surface area contributed by atoms with Crippen LogP contribution in [0.5, 0.6) is 0 Å². The second-order valence-electron chi connectivity index (χ2n) is 10.3. The number of rotatable bonds is 11. The summed E-state index contributed by atoms with van der Waals surface area (Å²) < 4.78 is 0. The van der Waals surface area contributed by atoms with Crippen LogP contribution in [-0.4, -0.2) is 0 Å². The molecule has 1 atom stereocenters. The zero-order chi connectivity index (χ0) is 30.7. The SMILES string of the molecule is C=C/C=C\C=C(/P(c1ccccc1)c1ccccc1)P(c1ccccc1)c1ccccc1P(c1ccccc1)c1ccccc1. The van der Waals surface area contributed by atoms with Gasteiger partial charge in [0.2, 0.25) is 0 Å². The van der Waals surface area contributed by atoms with Crippen LogP contribution in [0.25, 0.3) is 0 Å². The smallest absolute Gasteiger partial charge is 0.00459 e. The van der Waals surface area contributed by atoms with Crippen molar-refractivity contribution >= 4 is 60.9 Å². The predicted octanol–water partition coefficient (Wildman–Crippen LogP) is 8.59. The number of hydrogen-bond donors (Lipinski definition) is 0. The van der Waals surface area contributed by atoms with Crippen molar-refractivity contribution in [2.75, 3.05) is 0 Å². The quantitative estimate of drug-likeness (QED) is 0.0992. The van der Waals surface area contributed by atoms with Gasteiger partial charge in [-0.15, -0.1) is 0 Å². The molecule has 218 valence electrons. The van der Waals surface area contributed by atoms with E-state index in [-0.39, 0.29) is 0 Å². The third-order valence-electron chi connectivity index (χ3n) is 7.39. The van der Waals surface area contributed by atoms with Gasteiger partial charge in [0.05, 0.1) is 0 Å². The Hall–Kier alpha value is -4.17. The Kier molecular flexibility index (Phi) is 10.8. The van der Waals surface area contributed by atoms with E-state index in [1.54, 1.807) is 0 Å². The highest BCUT2D eigenvalue weighted by molar-refractivity contribution is 7.95. The molecule has 0 saturated carbocycles. The van der Waals surface area contributed by atoms with E-state index in [9.17, 15) is 0 Å². The minimum absolute atomic E-state index is 0.796. The largest absolute Gasteiger partial charge is 0.0991 e. The molecule has 0 aliphatic carbocycles. The summed E-state index contributed by atoms with van der Waals surface area (Å²) in [4.78, 5) is 0. The Labute approximate surface area is 271 Å². The molecule has 0 nitrogen and oxygen atoms in total. The normalized spacial score (nSPS) is 12.4. The van der Waals surface area contributed by atoms with E-state index in [1.165, 1.54) is 42.2 Å². The van der Waals surface area contributed by atoms with E-state index in [0.29, 0.717) is 0 Å². The van der Waals surface area contributed by atoms with Gasteiger partial charge in [0.15, 0.2) is 0 Å². The topological polar surface area (TPSA) is 0 Å². The van der Waals surface area contributed by atoms with E-state index in [2.05, 4.69) is 201 Å². The maximum Gasteiger partial charge on any atom is -0.00459 e. The van der Waals surface area contributed by atoms with E-state index >= 15 is 0 Å². The van der Waals surface area contributed by atoms with Crippen molar-refractivity contribution in [3.8, 4) is 0 Å². The average Bonchev–Trinajstić information content (AvgIpc) is 3.12. The molecule has 0 aliphatic rings. The third-order valence-corrected chi connectivity index (χ3v) is 15.8. The molecule has 6 rings (SSSR count). The summed E-state index contributed by atoms with van der Waals surface area (Å²) in [5, 5.41) is 11.1. The zero-order valence-electron chi connectivity index (χ0n) is 25.1. The van der Waals surface area contributed by atoms with Crippen LogP contribution in [0.1, 0.15) is 0 Å². The van der Waals surface area contributed by atoms with Gasteiger partial charge in [-0.05, 0) is 66.0 Å². The zero-order valence-corrected chi connectivity index (χ0v) is 27.8. The Morgan fingerprint density at radius 2 is 0.733 bits per heavy atom. The van der Waals surface area contributed by atoms with Gasteiger partial charge in [0, 0.05) is 0 Å². The third kappa shape index (κ3) is 7.39. The fraction of sp³-hybridized carbons (Fsp3) is 0. The lowest BCUT2D eigenvalue weighted by atomic mass is 10.3. The molecule has 0 bridgehead atoms. The molecule has 6 aromatic carbocycles. The Morgan fingerprint density at radius 1 is 0.378 bits per heavy atom. The van der Waals surface area contributed by atoms with Crippen molar-refractivity contribution in [1.82, 2.24) is 0 Å². The highest BCUT2D eigenvalue weighted by Crippen LogP contribution is 2.60. The summed E-state index contributed by atoms with van der Waals surface area (Å²) in [5.41, 5.74) is 0. The van der Waals surface area contributed by atoms with Crippen molar-refractivity contribution in [3.63, 3.8) is 0 Å². The molecule has 0 aliphatic heterocycles. The minimum Gasteiger partial charge on any atom is -0.0991 e. The van der Waals surface area contributed by atoms with Crippen molar-refractivity contribution < 1.29 is 0 Å². The molecule has 0 fully saturated rings. The van der Waals surface area contributed by atoms with Crippen LogP contribution in [0, 0.1) is 0 Å². The summed E-state index contributed by atoms with van der Waals surface area (Å²) in [6.45, 7) is 3.98. The fourth-order valence-corrected chi connectivity index (χ4v) is 14.6.